The highest BCUT2D eigenvalue weighted by atomic mass is 19.4. The number of hydrogen-bond donors (Lipinski definition) is 2. The van der Waals surface area contributed by atoms with Crippen LogP contribution >= 0.6 is 0 Å². The number of nitrogens with one attached hydrogen (secondary N) is 1. The largest absolute Gasteiger partial charge is 0.431 e. The molecule has 2 N–H and O–H groups in total. The molecule has 1 amide bonds. The lowest BCUT2D eigenvalue weighted by atomic mass is 10.0. The van der Waals surface area contributed by atoms with Gasteiger partial charge in [-0.1, -0.05) is 32.6 Å². The number of aliphatic hydroxyl groups excluding tert-OH is 1. The van der Waals surface area contributed by atoms with E-state index in [0.717, 1.165) is 22.8 Å². The predicted molar refractivity (Wildman–Crippen MR) is 170 cm³/mol. The summed E-state index contributed by atoms with van der Waals surface area (Å²) in [5, 5.41) is 13.5. The first-order chi connectivity index (χ1) is 22.6. The number of halogens is 5. The van der Waals surface area contributed by atoms with Crippen molar-refractivity contribution < 1.29 is 31.9 Å². The Morgan fingerprint density at radius 3 is 2.54 bits per heavy atom. The van der Waals surface area contributed by atoms with Crippen molar-refractivity contribution in [3.63, 3.8) is 0 Å². The molecule has 3 atom stereocenters. The Morgan fingerprint density at radius 1 is 1.17 bits per heavy atom. The molecule has 15 heteroatoms. The van der Waals surface area contributed by atoms with Gasteiger partial charge in [0.2, 0.25) is 0 Å². The van der Waals surface area contributed by atoms with Crippen LogP contribution < -0.4 is 21.3 Å². The average Bonchev–Trinajstić information content (AvgIpc) is 3.21. The Hall–Kier alpha value is -4.79. The van der Waals surface area contributed by atoms with E-state index in [1.54, 1.807) is 17.9 Å². The molecule has 0 radical (unpaired) electrons. The number of amides is 1. The summed E-state index contributed by atoms with van der Waals surface area (Å²) in [6.45, 7) is 8.46. The molecule has 2 aliphatic heterocycles. The maximum absolute atomic E-state index is 15.3. The van der Waals surface area contributed by atoms with E-state index in [1.165, 1.54) is 11.1 Å². The van der Waals surface area contributed by atoms with Crippen LogP contribution in [-0.2, 0) is 11.0 Å². The molecule has 0 bridgehead atoms. The lowest BCUT2D eigenvalue weighted by molar-refractivity contribution is -0.145. The molecule has 0 saturated carbocycles. The van der Waals surface area contributed by atoms with E-state index in [-0.39, 0.29) is 59.1 Å². The van der Waals surface area contributed by atoms with Gasteiger partial charge in [-0.15, -0.1) is 0 Å². The first kappa shape index (κ1) is 33.1. The SMILES string of the molecule is C=C(F)C(=O)N1CCN2c3c(c(=O)n(-c4c(C)ccnc4C(C)C)c4c(=O)n(C5C(F)=CC=C[C@H]5O)c(C(F)(F)F)cc34)NCCC2C1. The number of hydrogen-bond acceptors (Lipinski definition) is 7. The first-order valence-corrected chi connectivity index (χ1v) is 15.4. The maximum Gasteiger partial charge on any atom is 0.431 e. The number of carbonyl (C=O) groups is 1. The summed E-state index contributed by atoms with van der Waals surface area (Å²) in [7, 11) is 0. The predicted octanol–water partition coefficient (Wildman–Crippen LogP) is 4.64. The third-order valence-corrected chi connectivity index (χ3v) is 9.08. The number of aliphatic hydroxyl groups is 1. The van der Waals surface area contributed by atoms with Crippen LogP contribution in [0, 0.1) is 6.92 Å². The van der Waals surface area contributed by atoms with E-state index in [0.29, 0.717) is 23.7 Å². The minimum Gasteiger partial charge on any atom is -0.386 e. The maximum atomic E-state index is 15.3. The quantitative estimate of drug-likeness (QED) is 0.307. The Kier molecular flexibility index (Phi) is 8.30. The van der Waals surface area contributed by atoms with Crippen molar-refractivity contribution in [1.29, 1.82) is 0 Å². The molecule has 5 heterocycles. The van der Waals surface area contributed by atoms with Crippen LogP contribution in [0.2, 0.25) is 0 Å². The summed E-state index contributed by atoms with van der Waals surface area (Å²) in [6.07, 6.45) is -2.15. The Balaban J connectivity index is 1.77. The number of nitrogens with zero attached hydrogens (tertiary/aromatic N) is 5. The fourth-order valence-electron chi connectivity index (χ4n) is 6.93. The fourth-order valence-corrected chi connectivity index (χ4v) is 6.93. The number of carbonyl (C=O) groups excluding carboxylic acids is 1. The fraction of sp³-hybridized carbons (Fsp3) is 0.394. The number of allylic oxidation sites excluding steroid dienone is 2. The van der Waals surface area contributed by atoms with Crippen LogP contribution in [0.1, 0.15) is 49.2 Å². The van der Waals surface area contributed by atoms with Crippen molar-refractivity contribution in [2.75, 3.05) is 36.4 Å². The molecular weight excluding hydrogens is 639 g/mol. The highest BCUT2D eigenvalue weighted by Crippen LogP contribution is 2.42. The molecule has 0 aromatic carbocycles. The van der Waals surface area contributed by atoms with Gasteiger partial charge in [0.05, 0.1) is 23.2 Å². The van der Waals surface area contributed by atoms with Gasteiger partial charge in [0.25, 0.3) is 17.0 Å². The van der Waals surface area contributed by atoms with Crippen molar-refractivity contribution in [3.8, 4) is 5.69 Å². The number of aromatic nitrogens is 3. The molecule has 3 aliphatic rings. The minimum absolute atomic E-state index is 0.00224. The summed E-state index contributed by atoms with van der Waals surface area (Å²) in [5.74, 6) is -3.56. The van der Waals surface area contributed by atoms with Gasteiger partial charge < -0.3 is 20.2 Å². The third kappa shape index (κ3) is 5.29. The second-order valence-corrected chi connectivity index (χ2v) is 12.4. The number of alkyl halides is 3. The summed E-state index contributed by atoms with van der Waals surface area (Å²) in [6, 6.07) is -0.345. The van der Waals surface area contributed by atoms with Gasteiger partial charge in [-0.3, -0.25) is 28.5 Å². The van der Waals surface area contributed by atoms with Gasteiger partial charge in [0, 0.05) is 43.8 Å². The first-order valence-electron chi connectivity index (χ1n) is 15.4. The molecule has 48 heavy (non-hydrogen) atoms. The summed E-state index contributed by atoms with van der Waals surface area (Å²) in [4.78, 5) is 49.2. The molecule has 254 valence electrons. The van der Waals surface area contributed by atoms with E-state index in [2.05, 4.69) is 16.9 Å². The second kappa shape index (κ2) is 12.0. The smallest absolute Gasteiger partial charge is 0.386 e. The zero-order valence-corrected chi connectivity index (χ0v) is 26.3. The monoisotopic (exact) mass is 672 g/mol. The number of rotatable bonds is 4. The van der Waals surface area contributed by atoms with Crippen molar-refractivity contribution in [2.24, 2.45) is 0 Å². The van der Waals surface area contributed by atoms with Crippen molar-refractivity contribution in [2.45, 2.75) is 57.5 Å². The van der Waals surface area contributed by atoms with Crippen LogP contribution in [0.3, 0.4) is 0 Å². The second-order valence-electron chi connectivity index (χ2n) is 12.4. The van der Waals surface area contributed by atoms with Gasteiger partial charge in [0.1, 0.15) is 28.8 Å². The standard InChI is InChI=1S/C33H33F5N6O4/c1-16(2)24-26(17(3)8-10-39-24)44-28-20(14-23(33(36,37)38)43(32(28)48)29-21(35)6-5-7-22(29)45)27-25(31(44)47)40-11-9-19-15-41(12-13-42(19)27)30(46)18(4)34/h5-8,10,14,16,19,22,29,40,45H,4,9,11-13,15H2,1-3H3/t19?,22-,29?/m1/s1. The zero-order chi connectivity index (χ0) is 34.8. The van der Waals surface area contributed by atoms with Crippen molar-refractivity contribution >= 4 is 28.2 Å². The zero-order valence-electron chi connectivity index (χ0n) is 26.3. The third-order valence-electron chi connectivity index (χ3n) is 9.08. The van der Waals surface area contributed by atoms with Crippen LogP contribution in [0.15, 0.2) is 64.4 Å². The Labute approximate surface area is 271 Å². The Bertz CT molecular complexity index is 2030. The van der Waals surface area contributed by atoms with Crippen LogP contribution in [0.4, 0.5) is 33.3 Å². The lowest BCUT2D eigenvalue weighted by Gasteiger charge is -2.42. The number of piperazine rings is 1. The van der Waals surface area contributed by atoms with Crippen molar-refractivity contribution in [3.05, 3.63) is 92.4 Å². The van der Waals surface area contributed by atoms with Gasteiger partial charge in [0.15, 0.2) is 5.83 Å². The number of pyridine rings is 3. The molecule has 3 aromatic rings. The number of fused-ring (bicyclic) bond motifs is 5. The van der Waals surface area contributed by atoms with Crippen molar-refractivity contribution in [1.82, 2.24) is 19.0 Å². The molecule has 1 saturated heterocycles. The van der Waals surface area contributed by atoms with E-state index < -0.39 is 64.3 Å². The van der Waals surface area contributed by atoms with E-state index >= 15 is 4.39 Å². The van der Waals surface area contributed by atoms with Gasteiger partial charge >= 0.3 is 6.18 Å². The molecule has 6 rings (SSSR count). The summed E-state index contributed by atoms with van der Waals surface area (Å²) in [5.41, 5.74) is -3.12. The van der Waals surface area contributed by atoms with Crippen LogP contribution in [-0.4, -0.2) is 68.4 Å². The summed E-state index contributed by atoms with van der Waals surface area (Å²) >= 11 is 0. The average molecular weight is 673 g/mol. The Morgan fingerprint density at radius 2 is 1.90 bits per heavy atom. The van der Waals surface area contributed by atoms with Gasteiger partial charge in [-0.05, 0) is 43.0 Å². The molecule has 3 aromatic heterocycles. The van der Waals surface area contributed by atoms with E-state index in [9.17, 15) is 37.1 Å². The molecule has 0 spiro atoms. The molecular formula is C33H33F5N6O4. The topological polar surface area (TPSA) is 113 Å². The van der Waals surface area contributed by atoms with Gasteiger partial charge in [-0.25, -0.2) is 8.78 Å². The van der Waals surface area contributed by atoms with Crippen LogP contribution in [0.25, 0.3) is 16.6 Å². The summed E-state index contributed by atoms with van der Waals surface area (Å²) < 4.78 is 75.2. The number of anilines is 2. The molecule has 1 aliphatic carbocycles. The lowest BCUT2D eigenvalue weighted by Crippen LogP contribution is -2.55. The highest BCUT2D eigenvalue weighted by molar-refractivity contribution is 6.00. The van der Waals surface area contributed by atoms with E-state index in [1.807, 2.05) is 13.8 Å². The molecule has 1 fully saturated rings. The number of aryl methyl sites for hydroxylation is 1. The van der Waals surface area contributed by atoms with Gasteiger partial charge in [-0.2, -0.15) is 13.2 Å². The molecule has 2 unspecified atom stereocenters. The normalized spacial score (nSPS) is 21.0. The van der Waals surface area contributed by atoms with Crippen LogP contribution in [0.5, 0.6) is 0 Å². The highest BCUT2D eigenvalue weighted by Gasteiger charge is 2.43. The molecule has 10 nitrogen and oxygen atoms in total. The van der Waals surface area contributed by atoms with E-state index in [4.69, 9.17) is 0 Å². The minimum atomic E-state index is -5.21.